The predicted molar refractivity (Wildman–Crippen MR) is 80.5 cm³/mol. The van der Waals surface area contributed by atoms with E-state index in [4.69, 9.17) is 4.74 Å². The van der Waals surface area contributed by atoms with Crippen LogP contribution in [0.5, 0.6) is 0 Å². The van der Waals surface area contributed by atoms with E-state index in [0.717, 1.165) is 16.1 Å². The fraction of sp³-hybridized carbons (Fsp3) is 0.533. The topological polar surface area (TPSA) is 38.3 Å². The second-order valence-corrected chi connectivity index (χ2v) is 6.03. The first-order valence-corrected chi connectivity index (χ1v) is 7.62. The lowest BCUT2D eigenvalue weighted by Crippen LogP contribution is -2.15. The molecule has 1 aliphatic rings. The maximum absolute atomic E-state index is 11.6. The van der Waals surface area contributed by atoms with Gasteiger partial charge in [0.05, 0.1) is 12.2 Å². The number of esters is 1. The van der Waals surface area contributed by atoms with Crippen molar-refractivity contribution in [3.8, 4) is 0 Å². The zero-order valence-corrected chi connectivity index (χ0v) is 13.0. The van der Waals surface area contributed by atoms with E-state index < -0.39 is 0 Å². The first-order chi connectivity index (χ1) is 9.10. The monoisotopic (exact) mass is 325 g/mol. The van der Waals surface area contributed by atoms with Crippen LogP contribution < -0.4 is 5.32 Å². The highest BCUT2D eigenvalue weighted by Gasteiger charge is 2.21. The number of benzene rings is 1. The molecule has 1 fully saturated rings. The van der Waals surface area contributed by atoms with Gasteiger partial charge in [0.15, 0.2) is 0 Å². The van der Waals surface area contributed by atoms with Crippen molar-refractivity contribution >= 4 is 27.6 Å². The summed E-state index contributed by atoms with van der Waals surface area (Å²) < 4.78 is 5.90. The van der Waals surface area contributed by atoms with Gasteiger partial charge in [-0.2, -0.15) is 0 Å². The first-order valence-electron chi connectivity index (χ1n) is 6.83. The number of nitrogens with one attached hydrogen (secondary N) is 1. The first kappa shape index (κ1) is 14.4. The fourth-order valence-electron chi connectivity index (χ4n) is 2.53. The van der Waals surface area contributed by atoms with E-state index in [0.29, 0.717) is 18.2 Å². The van der Waals surface area contributed by atoms with Crippen molar-refractivity contribution in [2.75, 3.05) is 11.9 Å². The summed E-state index contributed by atoms with van der Waals surface area (Å²) in [6.45, 7) is 4.50. The minimum atomic E-state index is -0.274. The third kappa shape index (κ3) is 3.72. The minimum absolute atomic E-state index is 0.274. The summed E-state index contributed by atoms with van der Waals surface area (Å²) in [4.78, 5) is 11.6. The van der Waals surface area contributed by atoms with E-state index in [-0.39, 0.29) is 5.97 Å². The SMILES string of the molecule is CCOC(=O)c1ccc(NC2CCC(C)C2)c(Br)c1. The van der Waals surface area contributed by atoms with Crippen LogP contribution in [-0.2, 0) is 4.74 Å². The Hall–Kier alpha value is -1.03. The fourth-order valence-corrected chi connectivity index (χ4v) is 3.02. The van der Waals surface area contributed by atoms with Crippen LogP contribution in [0.1, 0.15) is 43.5 Å². The molecule has 4 heteroatoms. The Morgan fingerprint density at radius 3 is 2.84 bits per heavy atom. The van der Waals surface area contributed by atoms with Gasteiger partial charge in [-0.15, -0.1) is 0 Å². The number of rotatable bonds is 4. The highest BCUT2D eigenvalue weighted by molar-refractivity contribution is 9.10. The van der Waals surface area contributed by atoms with Crippen molar-refractivity contribution < 1.29 is 9.53 Å². The summed E-state index contributed by atoms with van der Waals surface area (Å²) in [5.74, 6) is 0.527. The molecule has 1 N–H and O–H groups in total. The number of anilines is 1. The van der Waals surface area contributed by atoms with Gasteiger partial charge in [0, 0.05) is 16.2 Å². The molecule has 0 bridgehead atoms. The van der Waals surface area contributed by atoms with E-state index in [1.165, 1.54) is 19.3 Å². The maximum atomic E-state index is 11.6. The largest absolute Gasteiger partial charge is 0.462 e. The van der Waals surface area contributed by atoms with Crippen molar-refractivity contribution in [1.29, 1.82) is 0 Å². The molecule has 0 aliphatic heterocycles. The van der Waals surface area contributed by atoms with Crippen molar-refractivity contribution in [2.45, 2.75) is 39.2 Å². The van der Waals surface area contributed by atoms with Gasteiger partial charge in [0.25, 0.3) is 0 Å². The van der Waals surface area contributed by atoms with Gasteiger partial charge in [-0.3, -0.25) is 0 Å². The molecule has 0 heterocycles. The van der Waals surface area contributed by atoms with Crippen LogP contribution in [0.3, 0.4) is 0 Å². The third-order valence-corrected chi connectivity index (χ3v) is 4.19. The quantitative estimate of drug-likeness (QED) is 0.842. The van der Waals surface area contributed by atoms with Crippen LogP contribution in [0.15, 0.2) is 22.7 Å². The normalized spacial score (nSPS) is 22.3. The summed E-state index contributed by atoms with van der Waals surface area (Å²) in [7, 11) is 0. The van der Waals surface area contributed by atoms with Crippen molar-refractivity contribution in [2.24, 2.45) is 5.92 Å². The van der Waals surface area contributed by atoms with Gasteiger partial charge >= 0.3 is 5.97 Å². The lowest BCUT2D eigenvalue weighted by molar-refractivity contribution is 0.0526. The van der Waals surface area contributed by atoms with Crippen LogP contribution in [0.2, 0.25) is 0 Å². The highest BCUT2D eigenvalue weighted by atomic mass is 79.9. The molecule has 2 rings (SSSR count). The summed E-state index contributed by atoms with van der Waals surface area (Å²) in [5, 5.41) is 3.54. The summed E-state index contributed by atoms with van der Waals surface area (Å²) >= 11 is 3.52. The van der Waals surface area contributed by atoms with Crippen molar-refractivity contribution in [1.82, 2.24) is 0 Å². The summed E-state index contributed by atoms with van der Waals surface area (Å²) in [6, 6.07) is 6.11. The Bertz CT molecular complexity index is 461. The molecule has 1 aromatic rings. The average Bonchev–Trinajstić information content (AvgIpc) is 2.78. The second-order valence-electron chi connectivity index (χ2n) is 5.17. The molecule has 2 unspecified atom stereocenters. The van der Waals surface area contributed by atoms with Crippen LogP contribution in [0, 0.1) is 5.92 Å². The van der Waals surface area contributed by atoms with Crippen molar-refractivity contribution in [3.63, 3.8) is 0 Å². The lowest BCUT2D eigenvalue weighted by Gasteiger charge is -2.16. The highest BCUT2D eigenvalue weighted by Crippen LogP contribution is 2.31. The van der Waals surface area contributed by atoms with E-state index in [1.807, 2.05) is 25.1 Å². The number of hydrogen-bond acceptors (Lipinski definition) is 3. The van der Waals surface area contributed by atoms with Gasteiger partial charge in [0.2, 0.25) is 0 Å². The van der Waals surface area contributed by atoms with Crippen molar-refractivity contribution in [3.05, 3.63) is 28.2 Å². The Morgan fingerprint density at radius 1 is 1.47 bits per heavy atom. The Kier molecular flexibility index (Phi) is 4.86. The third-order valence-electron chi connectivity index (χ3n) is 3.53. The Balaban J connectivity index is 2.04. The van der Waals surface area contributed by atoms with Gasteiger partial charge in [0.1, 0.15) is 0 Å². The number of carbonyl (C=O) groups excluding carboxylic acids is 1. The zero-order chi connectivity index (χ0) is 13.8. The molecule has 1 aromatic carbocycles. The van der Waals surface area contributed by atoms with Gasteiger partial charge in [-0.25, -0.2) is 4.79 Å². The van der Waals surface area contributed by atoms with Crippen LogP contribution >= 0.6 is 15.9 Å². The standard InChI is InChI=1S/C15H20BrNO2/c1-3-19-15(18)11-5-7-14(13(16)9-11)17-12-6-4-10(2)8-12/h5,7,9-10,12,17H,3-4,6,8H2,1-2H3. The van der Waals surface area contributed by atoms with E-state index in [2.05, 4.69) is 28.2 Å². The van der Waals surface area contributed by atoms with Gasteiger partial charge in [-0.1, -0.05) is 6.92 Å². The molecule has 0 aromatic heterocycles. The molecule has 0 spiro atoms. The Morgan fingerprint density at radius 2 is 2.26 bits per heavy atom. The molecule has 19 heavy (non-hydrogen) atoms. The lowest BCUT2D eigenvalue weighted by atomic mass is 10.1. The minimum Gasteiger partial charge on any atom is -0.462 e. The van der Waals surface area contributed by atoms with E-state index >= 15 is 0 Å². The smallest absolute Gasteiger partial charge is 0.338 e. The molecule has 2 atom stereocenters. The number of carbonyl (C=O) groups is 1. The molecule has 1 saturated carbocycles. The molecular weight excluding hydrogens is 306 g/mol. The number of ether oxygens (including phenoxy) is 1. The molecular formula is C15H20BrNO2. The molecule has 104 valence electrons. The molecule has 1 aliphatic carbocycles. The molecule has 0 amide bonds. The number of halogens is 1. The zero-order valence-electron chi connectivity index (χ0n) is 11.4. The number of hydrogen-bond donors (Lipinski definition) is 1. The summed E-state index contributed by atoms with van der Waals surface area (Å²) in [6.07, 6.45) is 3.72. The maximum Gasteiger partial charge on any atom is 0.338 e. The van der Waals surface area contributed by atoms with Gasteiger partial charge < -0.3 is 10.1 Å². The predicted octanol–water partition coefficient (Wildman–Crippen LogP) is 4.23. The van der Waals surface area contributed by atoms with Crippen LogP contribution in [0.25, 0.3) is 0 Å². The van der Waals surface area contributed by atoms with E-state index in [1.54, 1.807) is 0 Å². The molecule has 0 radical (unpaired) electrons. The van der Waals surface area contributed by atoms with E-state index in [9.17, 15) is 4.79 Å². The summed E-state index contributed by atoms with van der Waals surface area (Å²) in [5.41, 5.74) is 1.63. The van der Waals surface area contributed by atoms with Gasteiger partial charge in [-0.05, 0) is 66.2 Å². The molecule has 3 nitrogen and oxygen atoms in total. The second kappa shape index (κ2) is 6.42. The molecule has 0 saturated heterocycles. The Labute approximate surface area is 122 Å². The average molecular weight is 326 g/mol. The van der Waals surface area contributed by atoms with Crippen LogP contribution in [-0.4, -0.2) is 18.6 Å². The van der Waals surface area contributed by atoms with Crippen LogP contribution in [0.4, 0.5) is 5.69 Å².